The van der Waals surface area contributed by atoms with Gasteiger partial charge in [-0.1, -0.05) is 0 Å². The minimum absolute atomic E-state index is 0.0726. The van der Waals surface area contributed by atoms with Crippen molar-refractivity contribution in [1.82, 2.24) is 0 Å². The molecule has 0 heterocycles. The number of rotatable bonds is 8. The van der Waals surface area contributed by atoms with Gasteiger partial charge in [0.25, 0.3) is 0 Å². The van der Waals surface area contributed by atoms with Crippen LogP contribution in [-0.4, -0.2) is 23.4 Å². The molecule has 0 spiro atoms. The summed E-state index contributed by atoms with van der Waals surface area (Å²) in [7, 11) is 0. The Kier molecular flexibility index (Phi) is 7.14. The molecule has 2 saturated carbocycles. The predicted molar refractivity (Wildman–Crippen MR) is 99.2 cm³/mol. The first-order valence-corrected chi connectivity index (χ1v) is 9.86. The molecule has 2 aliphatic carbocycles. The van der Waals surface area contributed by atoms with Gasteiger partial charge in [-0.2, -0.15) is 0 Å². The Morgan fingerprint density at radius 2 is 1.32 bits per heavy atom. The van der Waals surface area contributed by atoms with Crippen molar-refractivity contribution in [3.63, 3.8) is 0 Å². The molecule has 6 heteroatoms. The van der Waals surface area contributed by atoms with Crippen LogP contribution in [0.3, 0.4) is 0 Å². The number of unbranched alkanes of at least 4 members (excludes halogenated alkanes) is 2. The normalized spacial score (nSPS) is 24.4. The lowest BCUT2D eigenvalue weighted by molar-refractivity contribution is -0.128. The Hall–Kier alpha value is -0.820. The van der Waals surface area contributed by atoms with E-state index in [0.29, 0.717) is 30.5 Å². The number of aldehydes is 1. The fourth-order valence-electron chi connectivity index (χ4n) is 4.68. The van der Waals surface area contributed by atoms with Crippen LogP contribution < -0.4 is 22.9 Å². The van der Waals surface area contributed by atoms with E-state index in [1.54, 1.807) is 0 Å². The summed E-state index contributed by atoms with van der Waals surface area (Å²) in [5, 5.41) is 0. The molecular weight excluding hydrogens is 316 g/mol. The van der Waals surface area contributed by atoms with Gasteiger partial charge in [0, 0.05) is 18.8 Å². The van der Waals surface area contributed by atoms with Crippen LogP contribution in [0.1, 0.15) is 77.0 Å². The van der Waals surface area contributed by atoms with Gasteiger partial charge in [-0.15, -0.1) is 0 Å². The number of Topliss-reactive ketones (excluding diaryl/α,β-unsaturated/α-hetero) is 1. The average molecular weight is 353 g/mol. The van der Waals surface area contributed by atoms with E-state index >= 15 is 0 Å². The van der Waals surface area contributed by atoms with E-state index in [9.17, 15) is 9.59 Å². The predicted octanol–water partition coefficient (Wildman–Crippen LogP) is 1.54. The zero-order valence-electron chi connectivity index (χ0n) is 15.4. The van der Waals surface area contributed by atoms with E-state index in [1.807, 2.05) is 0 Å². The lowest BCUT2D eigenvalue weighted by Crippen LogP contribution is -2.54. The van der Waals surface area contributed by atoms with Crippen LogP contribution in [0.2, 0.25) is 0 Å². The van der Waals surface area contributed by atoms with E-state index in [-0.39, 0.29) is 5.92 Å². The van der Waals surface area contributed by atoms with Crippen LogP contribution in [0.15, 0.2) is 0 Å². The summed E-state index contributed by atoms with van der Waals surface area (Å²) in [4.78, 5) is 23.5. The fraction of sp³-hybridized carbons (Fsp3) is 0.895. The van der Waals surface area contributed by atoms with Gasteiger partial charge in [-0.05, 0) is 76.0 Å². The molecule has 0 atom stereocenters. The Morgan fingerprint density at radius 3 is 1.72 bits per heavy atom. The maximum atomic E-state index is 13.0. The van der Waals surface area contributed by atoms with Gasteiger partial charge in [0.05, 0.1) is 11.3 Å². The van der Waals surface area contributed by atoms with Crippen molar-refractivity contribution in [2.45, 2.75) is 88.4 Å². The van der Waals surface area contributed by atoms with Gasteiger partial charge in [0.1, 0.15) is 12.1 Å². The van der Waals surface area contributed by atoms with Crippen LogP contribution in [0, 0.1) is 17.8 Å². The van der Waals surface area contributed by atoms with E-state index in [0.717, 1.165) is 70.5 Å². The van der Waals surface area contributed by atoms with Crippen molar-refractivity contribution < 1.29 is 9.59 Å². The number of carbonyl (C=O) groups is 2. The molecule has 25 heavy (non-hydrogen) atoms. The smallest absolute Gasteiger partial charge is 0.136 e. The second kappa shape index (κ2) is 8.71. The highest BCUT2D eigenvalue weighted by atomic mass is 16.1. The van der Waals surface area contributed by atoms with Crippen LogP contribution in [0.4, 0.5) is 0 Å². The van der Waals surface area contributed by atoms with Crippen molar-refractivity contribution in [2.24, 2.45) is 40.7 Å². The molecule has 0 aromatic heterocycles. The molecular formula is C19H36N4O2. The van der Waals surface area contributed by atoms with Gasteiger partial charge in [-0.3, -0.25) is 4.79 Å². The van der Waals surface area contributed by atoms with Crippen LogP contribution in [0.25, 0.3) is 0 Å². The van der Waals surface area contributed by atoms with Crippen molar-refractivity contribution in [2.75, 3.05) is 0 Å². The van der Waals surface area contributed by atoms with Crippen molar-refractivity contribution >= 4 is 12.1 Å². The molecule has 2 aliphatic rings. The Morgan fingerprint density at radius 1 is 0.880 bits per heavy atom. The van der Waals surface area contributed by atoms with Gasteiger partial charge >= 0.3 is 0 Å². The Balaban J connectivity index is 2.01. The van der Waals surface area contributed by atoms with E-state index < -0.39 is 11.3 Å². The molecule has 6 nitrogen and oxygen atoms in total. The molecule has 0 saturated heterocycles. The monoisotopic (exact) mass is 352 g/mol. The average Bonchev–Trinajstić information content (AvgIpc) is 2.55. The van der Waals surface area contributed by atoms with Gasteiger partial charge in [-0.25, -0.2) is 0 Å². The van der Waals surface area contributed by atoms with Gasteiger partial charge in [0.2, 0.25) is 0 Å². The molecule has 0 aromatic carbocycles. The highest BCUT2D eigenvalue weighted by Crippen LogP contribution is 2.42. The van der Waals surface area contributed by atoms with E-state index in [4.69, 9.17) is 22.9 Å². The first kappa shape index (κ1) is 20.5. The largest absolute Gasteiger partial charge is 0.313 e. The van der Waals surface area contributed by atoms with Crippen LogP contribution in [-0.2, 0) is 9.59 Å². The molecule has 0 amide bonds. The summed E-state index contributed by atoms with van der Waals surface area (Å²) >= 11 is 0. The lowest BCUT2D eigenvalue weighted by Gasteiger charge is -2.43. The number of nitrogens with two attached hydrogens (primary N) is 4. The summed E-state index contributed by atoms with van der Waals surface area (Å²) in [5.41, 5.74) is 23.1. The second-order valence-corrected chi connectivity index (χ2v) is 8.55. The van der Waals surface area contributed by atoms with Crippen molar-refractivity contribution in [1.29, 1.82) is 0 Å². The third-order valence-corrected chi connectivity index (χ3v) is 6.30. The molecule has 8 N–H and O–H groups in total. The third-order valence-electron chi connectivity index (χ3n) is 6.30. The minimum atomic E-state index is -0.579. The molecule has 0 aliphatic heterocycles. The molecule has 0 aromatic rings. The molecule has 144 valence electrons. The van der Waals surface area contributed by atoms with E-state index in [1.165, 1.54) is 0 Å². The summed E-state index contributed by atoms with van der Waals surface area (Å²) < 4.78 is 0. The highest BCUT2D eigenvalue weighted by Gasteiger charge is 2.41. The summed E-state index contributed by atoms with van der Waals surface area (Å²) in [5.74, 6) is 1.16. The Bertz CT molecular complexity index is 416. The summed E-state index contributed by atoms with van der Waals surface area (Å²) in [6.07, 6.45) is 10.4. The number of ketones is 1. The number of hydrogen-bond acceptors (Lipinski definition) is 6. The topological polar surface area (TPSA) is 138 Å². The third kappa shape index (κ3) is 6.13. The first-order valence-electron chi connectivity index (χ1n) is 9.86. The SMILES string of the molecule is NC1(N)CCC(C(C(=O)CCCCC=O)C2CCC(N)(N)CC2)CC1. The zero-order chi connectivity index (χ0) is 18.5. The van der Waals surface area contributed by atoms with Crippen molar-refractivity contribution in [3.05, 3.63) is 0 Å². The standard InChI is InChI=1S/C19H36N4O2/c20-18(21)9-5-14(6-10-18)17(16(25)4-2-1-3-13-24)15-7-11-19(22,23)12-8-15/h13-15,17H,1-12,20-23H2. The maximum absolute atomic E-state index is 13.0. The quantitative estimate of drug-likeness (QED) is 0.297. The number of carbonyl (C=O) groups excluding carboxylic acids is 2. The Labute approximate surface area is 151 Å². The minimum Gasteiger partial charge on any atom is -0.313 e. The van der Waals surface area contributed by atoms with Gasteiger partial charge in [0.15, 0.2) is 0 Å². The molecule has 0 unspecified atom stereocenters. The molecule has 0 radical (unpaired) electrons. The molecule has 2 fully saturated rings. The second-order valence-electron chi connectivity index (χ2n) is 8.55. The van der Waals surface area contributed by atoms with Gasteiger partial charge < -0.3 is 27.7 Å². The van der Waals surface area contributed by atoms with Crippen molar-refractivity contribution in [3.8, 4) is 0 Å². The molecule has 0 bridgehead atoms. The van der Waals surface area contributed by atoms with Crippen LogP contribution >= 0.6 is 0 Å². The maximum Gasteiger partial charge on any atom is 0.136 e. The highest BCUT2D eigenvalue weighted by molar-refractivity contribution is 5.81. The van der Waals surface area contributed by atoms with E-state index in [2.05, 4.69) is 0 Å². The lowest BCUT2D eigenvalue weighted by atomic mass is 9.65. The fourth-order valence-corrected chi connectivity index (χ4v) is 4.68. The molecule has 2 rings (SSSR count). The van der Waals surface area contributed by atoms with Crippen LogP contribution in [0.5, 0.6) is 0 Å². The zero-order valence-corrected chi connectivity index (χ0v) is 15.4. The summed E-state index contributed by atoms with van der Waals surface area (Å²) in [6.45, 7) is 0. The first-order chi connectivity index (χ1) is 11.7. The number of hydrogen-bond donors (Lipinski definition) is 4. The summed E-state index contributed by atoms with van der Waals surface area (Å²) in [6, 6.07) is 0.